The Balaban J connectivity index is 0.972. The summed E-state index contributed by atoms with van der Waals surface area (Å²) in [6.45, 7) is 6.95. The second-order valence-corrected chi connectivity index (χ2v) is 11.8. The third-order valence-corrected chi connectivity index (χ3v) is 8.65. The number of hydrogen-bond donors (Lipinski definition) is 3. The quantitative estimate of drug-likeness (QED) is 0.225. The van der Waals surface area contributed by atoms with Gasteiger partial charge in [0.1, 0.15) is 23.5 Å². The molecule has 0 spiro atoms. The lowest BCUT2D eigenvalue weighted by atomic mass is 10.0. The Labute approximate surface area is 263 Å². The van der Waals surface area contributed by atoms with E-state index in [1.807, 2.05) is 20.0 Å². The summed E-state index contributed by atoms with van der Waals surface area (Å²) in [7, 11) is 1.87. The summed E-state index contributed by atoms with van der Waals surface area (Å²) < 4.78 is 0. The number of nitrogens with zero attached hydrogens (tertiary/aromatic N) is 5. The van der Waals surface area contributed by atoms with Gasteiger partial charge in [0.15, 0.2) is 0 Å². The van der Waals surface area contributed by atoms with Gasteiger partial charge in [0.2, 0.25) is 17.7 Å². The molecule has 3 aliphatic rings. The van der Waals surface area contributed by atoms with Gasteiger partial charge < -0.3 is 15.5 Å². The van der Waals surface area contributed by atoms with Crippen molar-refractivity contribution in [2.75, 3.05) is 55.3 Å². The molecule has 1 aromatic carbocycles. The molecule has 3 N–H and O–H groups in total. The lowest BCUT2D eigenvalue weighted by molar-refractivity contribution is -0.136. The maximum Gasteiger partial charge on any atom is 0.264 e. The molecular weight excluding hydrogens is 576 g/mol. The fourth-order valence-electron chi connectivity index (χ4n) is 6.20. The van der Waals surface area contributed by atoms with E-state index in [0.717, 1.165) is 93.6 Å². The normalized spacial score (nSPS) is 18.7. The predicted molar refractivity (Wildman–Crippen MR) is 169 cm³/mol. The summed E-state index contributed by atoms with van der Waals surface area (Å²) >= 11 is 0. The van der Waals surface area contributed by atoms with E-state index < -0.39 is 29.7 Å². The highest BCUT2D eigenvalue weighted by molar-refractivity contribution is 6.26. The maximum absolute atomic E-state index is 13.2. The average Bonchev–Trinajstić information content (AvgIpc) is 3.28. The lowest BCUT2D eigenvalue weighted by Crippen LogP contribution is -2.54. The van der Waals surface area contributed by atoms with Crippen molar-refractivity contribution in [2.45, 2.75) is 70.8 Å². The molecule has 1 atom stereocenters. The van der Waals surface area contributed by atoms with Crippen LogP contribution in [-0.4, -0.2) is 95.1 Å². The number of carbonyl (C=O) groups excluding carboxylic acids is 5. The molecule has 2 fully saturated rings. The molecule has 5 rings (SSSR count). The van der Waals surface area contributed by atoms with Gasteiger partial charge in [-0.25, -0.2) is 9.97 Å². The van der Waals surface area contributed by atoms with E-state index in [0.29, 0.717) is 6.42 Å². The third-order valence-electron chi connectivity index (χ3n) is 8.65. The molecule has 0 saturated carbocycles. The molecule has 240 valence electrons. The van der Waals surface area contributed by atoms with Gasteiger partial charge in [-0.05, 0) is 44.9 Å². The van der Waals surface area contributed by atoms with Crippen molar-refractivity contribution >= 4 is 46.9 Å². The van der Waals surface area contributed by atoms with Crippen molar-refractivity contribution in [3.63, 3.8) is 0 Å². The molecule has 1 aromatic heterocycles. The number of benzene rings is 1. The van der Waals surface area contributed by atoms with Crippen LogP contribution in [0.25, 0.3) is 0 Å². The van der Waals surface area contributed by atoms with Crippen LogP contribution in [0.3, 0.4) is 0 Å². The number of piperazine rings is 1. The summed E-state index contributed by atoms with van der Waals surface area (Å²) in [6, 6.07) is 5.66. The highest BCUT2D eigenvalue weighted by Gasteiger charge is 2.45. The molecule has 13 nitrogen and oxygen atoms in total. The molecule has 0 aliphatic carbocycles. The summed E-state index contributed by atoms with van der Waals surface area (Å²) in [5, 5.41) is 8.08. The minimum absolute atomic E-state index is 0.0500. The number of unbranched alkanes of at least 4 members (excludes halogenated alkanes) is 5. The fourth-order valence-corrected chi connectivity index (χ4v) is 6.20. The lowest BCUT2D eigenvalue weighted by Gasteiger charge is -2.35. The number of aryl methyl sites for hydroxylation is 1. The van der Waals surface area contributed by atoms with Crippen molar-refractivity contribution in [1.82, 2.24) is 25.1 Å². The van der Waals surface area contributed by atoms with Crippen molar-refractivity contribution in [2.24, 2.45) is 0 Å². The van der Waals surface area contributed by atoms with Crippen LogP contribution in [-0.2, 0) is 14.4 Å². The van der Waals surface area contributed by atoms with E-state index >= 15 is 0 Å². The van der Waals surface area contributed by atoms with E-state index in [4.69, 9.17) is 0 Å². The highest BCUT2D eigenvalue weighted by atomic mass is 16.2. The predicted octanol–water partition coefficient (Wildman–Crippen LogP) is 2.72. The van der Waals surface area contributed by atoms with E-state index in [2.05, 4.69) is 35.7 Å². The van der Waals surface area contributed by atoms with Crippen molar-refractivity contribution in [3.8, 4) is 0 Å². The topological polar surface area (TPSA) is 157 Å². The van der Waals surface area contributed by atoms with E-state index in [9.17, 15) is 24.0 Å². The Bertz CT molecular complexity index is 1460. The van der Waals surface area contributed by atoms with Gasteiger partial charge in [0.05, 0.1) is 16.8 Å². The monoisotopic (exact) mass is 618 g/mol. The Kier molecular flexibility index (Phi) is 10.4. The van der Waals surface area contributed by atoms with Crippen LogP contribution in [0, 0.1) is 6.92 Å². The SMILES string of the molecule is CNc1cc(N2CCN(CCCCCCCCC(=O)Nc3cccc4c3C(=O)N(C3CCC(=O)NC3=O)C4=O)CC2)nc(C)n1. The number of aromatic nitrogens is 2. The first-order valence-corrected chi connectivity index (χ1v) is 15.9. The Hall–Kier alpha value is -4.39. The summed E-state index contributed by atoms with van der Waals surface area (Å²) in [5.41, 5.74) is 0.503. The van der Waals surface area contributed by atoms with Gasteiger partial charge in [0.25, 0.3) is 11.8 Å². The van der Waals surface area contributed by atoms with Crippen molar-refractivity contribution in [3.05, 3.63) is 41.2 Å². The minimum atomic E-state index is -1.05. The molecule has 3 aliphatic heterocycles. The van der Waals surface area contributed by atoms with Crippen molar-refractivity contribution < 1.29 is 24.0 Å². The van der Waals surface area contributed by atoms with Crippen LogP contribution in [0.4, 0.5) is 17.3 Å². The molecule has 1 unspecified atom stereocenters. The first-order chi connectivity index (χ1) is 21.7. The number of rotatable bonds is 13. The first kappa shape index (κ1) is 32.0. The number of hydrogen-bond acceptors (Lipinski definition) is 10. The van der Waals surface area contributed by atoms with Crippen LogP contribution in [0.2, 0.25) is 0 Å². The van der Waals surface area contributed by atoms with E-state index in [1.165, 1.54) is 6.07 Å². The minimum Gasteiger partial charge on any atom is -0.373 e. The zero-order valence-electron chi connectivity index (χ0n) is 26.1. The van der Waals surface area contributed by atoms with E-state index in [-0.39, 0.29) is 35.6 Å². The Morgan fingerprint density at radius 2 is 1.69 bits per heavy atom. The van der Waals surface area contributed by atoms with Crippen LogP contribution in [0.5, 0.6) is 0 Å². The van der Waals surface area contributed by atoms with Gasteiger partial charge >= 0.3 is 0 Å². The third kappa shape index (κ3) is 7.64. The smallest absolute Gasteiger partial charge is 0.264 e. The van der Waals surface area contributed by atoms with Crippen LogP contribution >= 0.6 is 0 Å². The molecule has 2 aromatic rings. The van der Waals surface area contributed by atoms with Gasteiger partial charge in [-0.1, -0.05) is 31.7 Å². The van der Waals surface area contributed by atoms with Crippen LogP contribution in [0.1, 0.15) is 84.3 Å². The van der Waals surface area contributed by atoms with Crippen LogP contribution in [0.15, 0.2) is 24.3 Å². The largest absolute Gasteiger partial charge is 0.373 e. The van der Waals surface area contributed by atoms with Gasteiger partial charge in [-0.3, -0.25) is 39.1 Å². The number of nitrogens with one attached hydrogen (secondary N) is 3. The number of anilines is 3. The molecule has 0 bridgehead atoms. The fraction of sp³-hybridized carbons (Fsp3) is 0.531. The van der Waals surface area contributed by atoms with Gasteiger partial charge in [-0.15, -0.1) is 0 Å². The number of amides is 5. The number of carbonyl (C=O) groups is 5. The zero-order chi connectivity index (χ0) is 31.9. The Morgan fingerprint density at radius 3 is 2.42 bits per heavy atom. The molecule has 5 amide bonds. The van der Waals surface area contributed by atoms with Crippen LogP contribution < -0.4 is 20.9 Å². The molecule has 0 radical (unpaired) electrons. The molecular formula is C32H42N8O5. The zero-order valence-corrected chi connectivity index (χ0v) is 26.1. The number of fused-ring (bicyclic) bond motifs is 1. The summed E-state index contributed by atoms with van der Waals surface area (Å²) in [4.78, 5) is 77.5. The van der Waals surface area contributed by atoms with Crippen molar-refractivity contribution in [1.29, 1.82) is 0 Å². The van der Waals surface area contributed by atoms with E-state index in [1.54, 1.807) is 12.1 Å². The molecule has 45 heavy (non-hydrogen) atoms. The second kappa shape index (κ2) is 14.6. The Morgan fingerprint density at radius 1 is 0.956 bits per heavy atom. The molecule has 4 heterocycles. The van der Waals surface area contributed by atoms with Gasteiger partial charge in [0, 0.05) is 52.1 Å². The molecule has 13 heteroatoms. The molecule has 2 saturated heterocycles. The maximum atomic E-state index is 13.2. The number of imide groups is 2. The summed E-state index contributed by atoms with van der Waals surface area (Å²) in [6.07, 6.45) is 6.59. The second-order valence-electron chi connectivity index (χ2n) is 11.8. The average molecular weight is 619 g/mol. The summed E-state index contributed by atoms with van der Waals surface area (Å²) in [5.74, 6) is 0.0545. The first-order valence-electron chi connectivity index (χ1n) is 15.9. The highest BCUT2D eigenvalue weighted by Crippen LogP contribution is 2.32. The number of piperidine rings is 1. The van der Waals surface area contributed by atoms with Gasteiger partial charge in [-0.2, -0.15) is 0 Å². The standard InChI is InChI=1S/C32H42N8O5/c1-21-34-25(33-2)20-26(35-21)39-18-16-38(17-19-39)15-8-6-4-3-5-7-12-27(41)36-23-11-9-10-22-29(23)32(45)40(31(22)44)24-13-14-28(42)37-30(24)43/h9-11,20,24H,3-8,12-19H2,1-2H3,(H,36,41)(H,33,34,35)(H,37,42,43).